The minimum atomic E-state index is -3.05. The molecule has 0 aliphatic heterocycles. The fourth-order valence-electron chi connectivity index (χ4n) is 1.04. The van der Waals surface area contributed by atoms with Gasteiger partial charge in [0.05, 0.1) is 5.56 Å². The summed E-state index contributed by atoms with van der Waals surface area (Å²) in [7, 11) is 0. The number of carboxylic acid groups (broad SMARTS) is 1. The van der Waals surface area contributed by atoms with Gasteiger partial charge in [-0.15, -0.1) is 0 Å². The summed E-state index contributed by atoms with van der Waals surface area (Å²) >= 11 is 0. The van der Waals surface area contributed by atoms with Gasteiger partial charge >= 0.3 is 12.6 Å². The second-order valence-corrected chi connectivity index (χ2v) is 2.81. The number of carboxylic acids is 1. The average molecular weight is 240 g/mol. The summed E-state index contributed by atoms with van der Waals surface area (Å²) < 4.78 is 28.2. The van der Waals surface area contributed by atoms with Gasteiger partial charge in [0.15, 0.2) is 0 Å². The molecule has 88 valence electrons. The van der Waals surface area contributed by atoms with Crippen LogP contribution in [0.5, 0.6) is 5.75 Å². The third-order valence-corrected chi connectivity index (χ3v) is 1.66. The van der Waals surface area contributed by atoms with Crippen molar-refractivity contribution in [3.8, 4) is 17.6 Å². The Hall–Kier alpha value is -2.42. The maximum Gasteiger partial charge on any atom is 0.387 e. The van der Waals surface area contributed by atoms with E-state index in [-0.39, 0.29) is 16.9 Å². The third kappa shape index (κ3) is 3.91. The van der Waals surface area contributed by atoms with Crippen LogP contribution in [0.4, 0.5) is 8.78 Å². The van der Waals surface area contributed by atoms with E-state index in [9.17, 15) is 18.4 Å². The maximum absolute atomic E-state index is 12.0. The third-order valence-electron chi connectivity index (χ3n) is 1.66. The van der Waals surface area contributed by atoms with Crippen LogP contribution in [0.15, 0.2) is 18.2 Å². The summed E-state index contributed by atoms with van der Waals surface area (Å²) in [5.74, 6) is 2.19. The van der Waals surface area contributed by atoms with E-state index < -0.39 is 12.6 Å². The zero-order valence-corrected chi connectivity index (χ0v) is 8.31. The van der Waals surface area contributed by atoms with Crippen LogP contribution in [0.25, 0.3) is 0 Å². The van der Waals surface area contributed by atoms with Gasteiger partial charge in [-0.05, 0) is 18.2 Å². The van der Waals surface area contributed by atoms with Gasteiger partial charge in [0, 0.05) is 11.5 Å². The first kappa shape index (κ1) is 12.6. The minimum absolute atomic E-state index is 0.0858. The van der Waals surface area contributed by atoms with Crippen molar-refractivity contribution >= 4 is 12.3 Å². The monoisotopic (exact) mass is 240 g/mol. The molecule has 0 radical (unpaired) electrons. The van der Waals surface area contributed by atoms with Crippen molar-refractivity contribution in [3.05, 3.63) is 29.3 Å². The van der Waals surface area contributed by atoms with Gasteiger partial charge in [-0.3, -0.25) is 4.79 Å². The summed E-state index contributed by atoms with van der Waals surface area (Å²) in [6.07, 6.45) is 0.484. The molecule has 0 aromatic heterocycles. The molecule has 0 atom stereocenters. The van der Waals surface area contributed by atoms with Crippen molar-refractivity contribution in [1.29, 1.82) is 0 Å². The Kier molecular flexibility index (Phi) is 4.17. The Labute approximate surface area is 94.8 Å². The first-order valence-corrected chi connectivity index (χ1v) is 4.32. The molecule has 4 nitrogen and oxygen atoms in total. The van der Waals surface area contributed by atoms with Gasteiger partial charge in [-0.25, -0.2) is 4.79 Å². The minimum Gasteiger partial charge on any atom is -0.472 e. The topological polar surface area (TPSA) is 63.6 Å². The molecule has 1 rings (SSSR count). The largest absolute Gasteiger partial charge is 0.472 e. The molecule has 0 amide bonds. The van der Waals surface area contributed by atoms with Crippen LogP contribution < -0.4 is 4.74 Å². The lowest BCUT2D eigenvalue weighted by Crippen LogP contribution is -2.04. The molecule has 0 saturated heterocycles. The Balaban J connectivity index is 3.17. The van der Waals surface area contributed by atoms with Gasteiger partial charge in [-0.2, -0.15) is 8.78 Å². The highest BCUT2D eigenvalue weighted by Crippen LogP contribution is 2.20. The number of aliphatic carboxylic acids is 1. The fourth-order valence-corrected chi connectivity index (χ4v) is 1.04. The second-order valence-electron chi connectivity index (χ2n) is 2.81. The Morgan fingerprint density at radius 3 is 2.71 bits per heavy atom. The molecule has 1 N–H and O–H groups in total. The summed E-state index contributed by atoms with van der Waals surface area (Å²) in [6, 6.07) is 3.55. The van der Waals surface area contributed by atoms with Crippen molar-refractivity contribution < 1.29 is 28.2 Å². The number of carbonyl (C=O) groups excluding carboxylic acids is 1. The van der Waals surface area contributed by atoms with Crippen LogP contribution in [0.3, 0.4) is 0 Å². The molecule has 0 fully saturated rings. The number of ether oxygens (including phenoxy) is 1. The molecule has 0 spiro atoms. The van der Waals surface area contributed by atoms with Crippen molar-refractivity contribution in [1.82, 2.24) is 0 Å². The van der Waals surface area contributed by atoms with Crippen LogP contribution in [-0.2, 0) is 4.79 Å². The summed E-state index contributed by atoms with van der Waals surface area (Å²) in [5.41, 5.74) is 0.0959. The zero-order chi connectivity index (χ0) is 12.8. The lowest BCUT2D eigenvalue weighted by atomic mass is 10.1. The maximum atomic E-state index is 12.0. The van der Waals surface area contributed by atoms with E-state index >= 15 is 0 Å². The van der Waals surface area contributed by atoms with E-state index in [1.165, 1.54) is 12.1 Å². The number of alkyl halides is 2. The number of carbonyl (C=O) groups is 2. The van der Waals surface area contributed by atoms with Crippen molar-refractivity contribution in [3.63, 3.8) is 0 Å². The SMILES string of the molecule is O=Cc1ccc(OC(F)F)c(C#CC(=O)O)c1. The van der Waals surface area contributed by atoms with Crippen molar-refractivity contribution in [2.45, 2.75) is 6.61 Å². The first-order valence-electron chi connectivity index (χ1n) is 4.32. The van der Waals surface area contributed by atoms with Crippen molar-refractivity contribution in [2.24, 2.45) is 0 Å². The van der Waals surface area contributed by atoms with Crippen LogP contribution in [0, 0.1) is 11.8 Å². The molecule has 0 aliphatic carbocycles. The molecule has 0 unspecified atom stereocenters. The van der Waals surface area contributed by atoms with Crippen LogP contribution in [0.2, 0.25) is 0 Å². The van der Waals surface area contributed by atoms with Crippen molar-refractivity contribution in [2.75, 3.05) is 0 Å². The predicted molar refractivity (Wildman–Crippen MR) is 53.0 cm³/mol. The van der Waals surface area contributed by atoms with Gasteiger partial charge in [-0.1, -0.05) is 5.92 Å². The highest BCUT2D eigenvalue weighted by molar-refractivity contribution is 5.87. The van der Waals surface area contributed by atoms with E-state index in [2.05, 4.69) is 10.7 Å². The molecule has 1 aromatic carbocycles. The number of aldehydes is 1. The molecular formula is C11H6F2O4. The molecule has 17 heavy (non-hydrogen) atoms. The molecule has 1 aromatic rings. The van der Waals surface area contributed by atoms with Crippen LogP contribution in [-0.4, -0.2) is 24.0 Å². The quantitative estimate of drug-likeness (QED) is 0.642. The molecule has 6 heteroatoms. The summed E-state index contributed by atoms with van der Waals surface area (Å²) in [5, 5.41) is 8.34. The highest BCUT2D eigenvalue weighted by Gasteiger charge is 2.09. The van der Waals surface area contributed by atoms with E-state index in [1.807, 2.05) is 0 Å². The van der Waals surface area contributed by atoms with Gasteiger partial charge in [0.2, 0.25) is 0 Å². The number of hydrogen-bond donors (Lipinski definition) is 1. The highest BCUT2D eigenvalue weighted by atomic mass is 19.3. The molecule has 0 bridgehead atoms. The van der Waals surface area contributed by atoms with Crippen LogP contribution in [0.1, 0.15) is 15.9 Å². The first-order chi connectivity index (χ1) is 8.02. The smallest absolute Gasteiger partial charge is 0.387 e. The molecular weight excluding hydrogens is 234 g/mol. The van der Waals surface area contributed by atoms with E-state index in [1.54, 1.807) is 5.92 Å². The molecule has 0 saturated carbocycles. The van der Waals surface area contributed by atoms with E-state index in [0.717, 1.165) is 6.07 Å². The Morgan fingerprint density at radius 2 is 2.18 bits per heavy atom. The fraction of sp³-hybridized carbons (Fsp3) is 0.0909. The lowest BCUT2D eigenvalue weighted by molar-refractivity contribution is -0.130. The molecule has 0 aliphatic rings. The average Bonchev–Trinajstić information content (AvgIpc) is 2.27. The number of hydrogen-bond acceptors (Lipinski definition) is 3. The number of halogens is 2. The van der Waals surface area contributed by atoms with E-state index in [0.29, 0.717) is 6.29 Å². The number of benzene rings is 1. The molecule has 0 heterocycles. The summed E-state index contributed by atoms with van der Waals surface area (Å²) in [4.78, 5) is 20.7. The van der Waals surface area contributed by atoms with Gasteiger partial charge in [0.1, 0.15) is 12.0 Å². The normalized spacial score (nSPS) is 9.35. The van der Waals surface area contributed by atoms with Gasteiger partial charge < -0.3 is 9.84 Å². The zero-order valence-electron chi connectivity index (χ0n) is 8.31. The Bertz CT molecular complexity index is 500. The summed E-state index contributed by atoms with van der Waals surface area (Å²) in [6.45, 7) is -3.05. The second kappa shape index (κ2) is 5.61. The lowest BCUT2D eigenvalue weighted by Gasteiger charge is -2.06. The Morgan fingerprint density at radius 1 is 1.47 bits per heavy atom. The predicted octanol–water partition coefficient (Wildman–Crippen LogP) is 1.54. The van der Waals surface area contributed by atoms with Gasteiger partial charge in [0.25, 0.3) is 0 Å². The standard InChI is InChI=1S/C11H6F2O4/c12-11(13)17-9-3-1-7(6-14)5-8(9)2-4-10(15)16/h1,3,5-6,11H,(H,15,16). The van der Waals surface area contributed by atoms with Crippen LogP contribution >= 0.6 is 0 Å². The van der Waals surface area contributed by atoms with E-state index in [4.69, 9.17) is 5.11 Å². The number of rotatable bonds is 3.